The predicted molar refractivity (Wildman–Crippen MR) is 140 cm³/mol. The number of ether oxygens (including phenoxy) is 1. The molecular weight excluding hydrogens is 514 g/mol. The standard InChI is InChI=1S/C28H27F4N5O2/c1-3-39-26(38)13-18(16-33)22-9-10-24(27(35-22)17-7-5-4-6-8-17)34-25-14-19(23-11-12-37(2)36-23)20(15-21(25)29)28(30,31)32/h4-12,14-15,18,34H,3,13,16,33H2,1-2H3. The lowest BCUT2D eigenvalue weighted by Gasteiger charge is -2.19. The van der Waals surface area contributed by atoms with Gasteiger partial charge in [-0.1, -0.05) is 30.3 Å². The van der Waals surface area contributed by atoms with E-state index in [1.165, 1.54) is 16.9 Å². The Morgan fingerprint density at radius 1 is 1.10 bits per heavy atom. The largest absolute Gasteiger partial charge is 0.466 e. The van der Waals surface area contributed by atoms with Crippen molar-refractivity contribution >= 4 is 17.3 Å². The quantitative estimate of drug-likeness (QED) is 0.198. The highest BCUT2D eigenvalue weighted by Crippen LogP contribution is 2.40. The van der Waals surface area contributed by atoms with Crippen LogP contribution in [0, 0.1) is 5.82 Å². The summed E-state index contributed by atoms with van der Waals surface area (Å²) < 4.78 is 62.9. The van der Waals surface area contributed by atoms with Crippen LogP contribution in [-0.4, -0.2) is 33.9 Å². The van der Waals surface area contributed by atoms with Gasteiger partial charge in [-0.3, -0.25) is 14.5 Å². The third kappa shape index (κ3) is 6.43. The molecule has 4 rings (SSSR count). The number of nitrogens with two attached hydrogens (primary N) is 1. The smallest absolute Gasteiger partial charge is 0.417 e. The molecule has 11 heteroatoms. The van der Waals surface area contributed by atoms with Crippen molar-refractivity contribution in [1.29, 1.82) is 0 Å². The summed E-state index contributed by atoms with van der Waals surface area (Å²) in [5.41, 5.74) is 6.35. The topological polar surface area (TPSA) is 95.1 Å². The minimum atomic E-state index is -4.79. The molecule has 4 aromatic rings. The molecule has 0 fully saturated rings. The van der Waals surface area contributed by atoms with E-state index in [0.717, 1.165) is 6.07 Å². The van der Waals surface area contributed by atoms with Gasteiger partial charge >= 0.3 is 12.1 Å². The highest BCUT2D eigenvalue weighted by Gasteiger charge is 2.35. The molecule has 2 heterocycles. The van der Waals surface area contributed by atoms with Crippen molar-refractivity contribution in [3.63, 3.8) is 0 Å². The first-order valence-electron chi connectivity index (χ1n) is 12.2. The van der Waals surface area contributed by atoms with E-state index in [1.807, 2.05) is 6.07 Å². The number of rotatable bonds is 9. The molecule has 0 aliphatic heterocycles. The lowest BCUT2D eigenvalue weighted by Crippen LogP contribution is -2.19. The zero-order valence-electron chi connectivity index (χ0n) is 21.3. The molecule has 0 aliphatic rings. The third-order valence-corrected chi connectivity index (χ3v) is 6.06. The van der Waals surface area contributed by atoms with Crippen LogP contribution in [0.25, 0.3) is 22.5 Å². The summed E-state index contributed by atoms with van der Waals surface area (Å²) >= 11 is 0. The van der Waals surface area contributed by atoms with Crippen LogP contribution < -0.4 is 11.1 Å². The van der Waals surface area contributed by atoms with Crippen LogP contribution in [0.3, 0.4) is 0 Å². The number of hydrogen-bond donors (Lipinski definition) is 2. The Morgan fingerprint density at radius 2 is 1.85 bits per heavy atom. The summed E-state index contributed by atoms with van der Waals surface area (Å²) in [6.45, 7) is 2.08. The Labute approximate surface area is 222 Å². The number of nitrogens with zero attached hydrogens (tertiary/aromatic N) is 3. The monoisotopic (exact) mass is 541 g/mol. The summed E-state index contributed by atoms with van der Waals surface area (Å²) in [7, 11) is 1.58. The van der Waals surface area contributed by atoms with Crippen LogP contribution in [0.5, 0.6) is 0 Å². The van der Waals surface area contributed by atoms with Gasteiger partial charge in [0.05, 0.1) is 41.4 Å². The number of halogens is 4. The molecule has 0 saturated carbocycles. The normalized spacial score (nSPS) is 12.3. The Hall–Kier alpha value is -4.25. The number of carbonyl (C=O) groups excluding carboxylic acids is 1. The van der Waals surface area contributed by atoms with Crippen molar-refractivity contribution < 1.29 is 27.1 Å². The molecule has 39 heavy (non-hydrogen) atoms. The van der Waals surface area contributed by atoms with E-state index < -0.39 is 29.4 Å². The van der Waals surface area contributed by atoms with E-state index in [-0.39, 0.29) is 36.5 Å². The van der Waals surface area contributed by atoms with Gasteiger partial charge < -0.3 is 15.8 Å². The minimum Gasteiger partial charge on any atom is -0.466 e. The number of esters is 1. The average Bonchev–Trinajstić information content (AvgIpc) is 3.34. The first kappa shape index (κ1) is 27.8. The second-order valence-electron chi connectivity index (χ2n) is 8.82. The van der Waals surface area contributed by atoms with E-state index in [9.17, 15) is 18.0 Å². The van der Waals surface area contributed by atoms with Gasteiger partial charge in [0.2, 0.25) is 0 Å². The van der Waals surface area contributed by atoms with Crippen molar-refractivity contribution in [3.05, 3.63) is 83.9 Å². The van der Waals surface area contributed by atoms with Crippen LogP contribution >= 0.6 is 0 Å². The Kier molecular flexibility index (Phi) is 8.29. The molecule has 2 aromatic heterocycles. The molecule has 0 saturated heterocycles. The molecule has 3 N–H and O–H groups in total. The van der Waals surface area contributed by atoms with Crippen LogP contribution in [0.1, 0.15) is 30.5 Å². The summed E-state index contributed by atoms with van der Waals surface area (Å²) in [6.07, 6.45) is -3.26. The lowest BCUT2D eigenvalue weighted by molar-refractivity contribution is -0.143. The molecule has 204 valence electrons. The number of alkyl halides is 3. The fourth-order valence-electron chi connectivity index (χ4n) is 4.17. The Morgan fingerprint density at radius 3 is 2.46 bits per heavy atom. The zero-order chi connectivity index (χ0) is 28.2. The van der Waals surface area contributed by atoms with Gasteiger partial charge in [0, 0.05) is 42.5 Å². The maximum atomic E-state index is 15.1. The third-order valence-electron chi connectivity index (χ3n) is 6.06. The second kappa shape index (κ2) is 11.6. The van der Waals surface area contributed by atoms with Gasteiger partial charge in [-0.2, -0.15) is 18.3 Å². The summed E-state index contributed by atoms with van der Waals surface area (Å²) in [4.78, 5) is 16.8. The van der Waals surface area contributed by atoms with Gasteiger partial charge in [-0.15, -0.1) is 0 Å². The highest BCUT2D eigenvalue weighted by molar-refractivity contribution is 5.80. The second-order valence-corrected chi connectivity index (χ2v) is 8.82. The summed E-state index contributed by atoms with van der Waals surface area (Å²) in [6, 6.07) is 15.3. The first-order valence-corrected chi connectivity index (χ1v) is 12.2. The number of hydrogen-bond acceptors (Lipinski definition) is 6. The van der Waals surface area contributed by atoms with Crippen molar-refractivity contribution in [2.75, 3.05) is 18.5 Å². The van der Waals surface area contributed by atoms with Crippen molar-refractivity contribution in [2.45, 2.75) is 25.4 Å². The summed E-state index contributed by atoms with van der Waals surface area (Å²) in [5, 5.41) is 7.00. The van der Waals surface area contributed by atoms with Crippen LogP contribution in [0.15, 0.2) is 66.9 Å². The molecule has 0 amide bonds. The highest BCUT2D eigenvalue weighted by atomic mass is 19.4. The molecule has 0 aliphatic carbocycles. The van der Waals surface area contributed by atoms with Gasteiger partial charge in [0.1, 0.15) is 5.82 Å². The molecule has 0 spiro atoms. The van der Waals surface area contributed by atoms with E-state index in [0.29, 0.717) is 28.7 Å². The maximum Gasteiger partial charge on any atom is 0.417 e. The van der Waals surface area contributed by atoms with Gasteiger partial charge in [0.15, 0.2) is 0 Å². The SMILES string of the molecule is CCOC(=O)CC(CN)c1ccc(Nc2cc(-c3ccn(C)n3)c(C(F)(F)F)cc2F)c(-c2ccccc2)n1. The predicted octanol–water partition coefficient (Wildman–Crippen LogP) is 6.05. The number of anilines is 2. The molecular formula is C28H27F4N5O2. The molecule has 1 unspecified atom stereocenters. The number of aryl methyl sites for hydroxylation is 1. The first-order chi connectivity index (χ1) is 18.6. The number of carbonyl (C=O) groups is 1. The number of benzene rings is 2. The Bertz CT molecular complexity index is 1450. The number of nitrogens with one attached hydrogen (secondary N) is 1. The molecule has 7 nitrogen and oxygen atoms in total. The molecule has 1 atom stereocenters. The van der Waals surface area contributed by atoms with Crippen LogP contribution in [-0.2, 0) is 22.8 Å². The minimum absolute atomic E-state index is 0.0271. The van der Waals surface area contributed by atoms with Gasteiger partial charge in [-0.25, -0.2) is 4.39 Å². The van der Waals surface area contributed by atoms with E-state index in [1.54, 1.807) is 50.4 Å². The van der Waals surface area contributed by atoms with Crippen LogP contribution in [0.4, 0.5) is 28.9 Å². The molecule has 0 bridgehead atoms. The maximum absolute atomic E-state index is 15.1. The summed E-state index contributed by atoms with van der Waals surface area (Å²) in [5.74, 6) is -1.93. The van der Waals surface area contributed by atoms with E-state index in [4.69, 9.17) is 15.5 Å². The van der Waals surface area contributed by atoms with E-state index in [2.05, 4.69) is 10.4 Å². The number of pyridine rings is 1. The van der Waals surface area contributed by atoms with Gasteiger partial charge in [-0.05, 0) is 37.3 Å². The fourth-order valence-corrected chi connectivity index (χ4v) is 4.17. The van der Waals surface area contributed by atoms with Crippen molar-refractivity contribution in [1.82, 2.24) is 14.8 Å². The van der Waals surface area contributed by atoms with Crippen LogP contribution in [0.2, 0.25) is 0 Å². The molecule has 2 aromatic carbocycles. The number of aromatic nitrogens is 3. The van der Waals surface area contributed by atoms with Gasteiger partial charge in [0.25, 0.3) is 0 Å². The molecule has 0 radical (unpaired) electrons. The van der Waals surface area contributed by atoms with E-state index >= 15 is 4.39 Å². The average molecular weight is 542 g/mol. The zero-order valence-corrected chi connectivity index (χ0v) is 21.3. The Balaban J connectivity index is 1.79. The fraction of sp³-hybridized carbons (Fsp3) is 0.250. The van der Waals surface area contributed by atoms with Crippen molar-refractivity contribution in [3.8, 4) is 22.5 Å². The lowest BCUT2D eigenvalue weighted by atomic mass is 9.99. The van der Waals surface area contributed by atoms with Crippen molar-refractivity contribution in [2.24, 2.45) is 12.8 Å².